The molecular formula is C9H10ClN7S. The zero-order chi connectivity index (χ0) is 12.4. The summed E-state index contributed by atoms with van der Waals surface area (Å²) < 4.78 is 1.45. The van der Waals surface area contributed by atoms with E-state index in [-0.39, 0.29) is 5.28 Å². The Hall–Kier alpha value is -1.41. The lowest BCUT2D eigenvalue weighted by molar-refractivity contribution is 0.767. The van der Waals surface area contributed by atoms with Gasteiger partial charge < -0.3 is 5.32 Å². The Bertz CT molecular complexity index is 526. The van der Waals surface area contributed by atoms with Crippen LogP contribution in [0.3, 0.4) is 0 Å². The van der Waals surface area contributed by atoms with Crippen LogP contribution in [0.2, 0.25) is 5.28 Å². The van der Waals surface area contributed by atoms with Gasteiger partial charge in [0.15, 0.2) is 0 Å². The quantitative estimate of drug-likeness (QED) is 0.900. The summed E-state index contributed by atoms with van der Waals surface area (Å²) in [5.41, 5.74) is 0. The molecule has 1 fully saturated rings. The third-order valence-electron chi connectivity index (χ3n) is 2.48. The SMILES string of the molecule is Clc1nc(NC2CCSC2)nc(-n2cncn2)n1. The number of halogens is 1. The fourth-order valence-electron chi connectivity index (χ4n) is 1.65. The molecule has 0 saturated carbocycles. The molecule has 0 spiro atoms. The monoisotopic (exact) mass is 283 g/mol. The van der Waals surface area contributed by atoms with Crippen LogP contribution < -0.4 is 5.32 Å². The second-order valence-electron chi connectivity index (χ2n) is 3.77. The van der Waals surface area contributed by atoms with Crippen molar-refractivity contribution in [3.05, 3.63) is 17.9 Å². The Morgan fingerprint density at radius 3 is 3.06 bits per heavy atom. The molecule has 7 nitrogen and oxygen atoms in total. The standard InChI is InChI=1S/C9H10ClN7S/c10-7-14-8(13-6-1-2-18-3-6)16-9(15-7)17-5-11-4-12-17/h4-6H,1-3H2,(H,13,14,15,16). The van der Waals surface area contributed by atoms with Gasteiger partial charge in [-0.2, -0.15) is 36.5 Å². The van der Waals surface area contributed by atoms with Gasteiger partial charge in [0.1, 0.15) is 12.7 Å². The summed E-state index contributed by atoms with van der Waals surface area (Å²) in [7, 11) is 0. The van der Waals surface area contributed by atoms with Crippen LogP contribution >= 0.6 is 23.4 Å². The minimum Gasteiger partial charge on any atom is -0.350 e. The van der Waals surface area contributed by atoms with Crippen molar-refractivity contribution in [2.75, 3.05) is 16.8 Å². The molecule has 0 radical (unpaired) electrons. The Morgan fingerprint density at radius 1 is 1.39 bits per heavy atom. The molecule has 1 aliphatic heterocycles. The van der Waals surface area contributed by atoms with Crippen LogP contribution in [0.1, 0.15) is 6.42 Å². The van der Waals surface area contributed by atoms with E-state index >= 15 is 0 Å². The van der Waals surface area contributed by atoms with Crippen molar-refractivity contribution in [2.24, 2.45) is 0 Å². The van der Waals surface area contributed by atoms with E-state index in [9.17, 15) is 0 Å². The van der Waals surface area contributed by atoms with E-state index in [2.05, 4.69) is 30.4 Å². The van der Waals surface area contributed by atoms with Crippen molar-refractivity contribution in [3.8, 4) is 5.95 Å². The molecule has 9 heteroatoms. The Morgan fingerprint density at radius 2 is 2.33 bits per heavy atom. The molecular weight excluding hydrogens is 274 g/mol. The molecule has 0 aliphatic carbocycles. The van der Waals surface area contributed by atoms with Crippen molar-refractivity contribution in [1.82, 2.24) is 29.7 Å². The summed E-state index contributed by atoms with van der Waals surface area (Å²) in [5, 5.41) is 7.36. The van der Waals surface area contributed by atoms with Crippen molar-refractivity contribution >= 4 is 29.3 Å². The number of anilines is 1. The molecule has 18 heavy (non-hydrogen) atoms. The summed E-state index contributed by atoms with van der Waals surface area (Å²) in [6, 6.07) is 0.386. The predicted molar refractivity (Wildman–Crippen MR) is 69.1 cm³/mol. The van der Waals surface area contributed by atoms with Crippen LogP contribution in [0.25, 0.3) is 5.95 Å². The van der Waals surface area contributed by atoms with E-state index in [1.54, 1.807) is 0 Å². The highest BCUT2D eigenvalue weighted by Crippen LogP contribution is 2.20. The minimum absolute atomic E-state index is 0.142. The van der Waals surface area contributed by atoms with Crippen LogP contribution in [0.15, 0.2) is 12.7 Å². The average Bonchev–Trinajstić information content (AvgIpc) is 3.00. The second kappa shape index (κ2) is 5.07. The zero-order valence-electron chi connectivity index (χ0n) is 9.32. The van der Waals surface area contributed by atoms with Gasteiger partial charge in [-0.1, -0.05) is 0 Å². The summed E-state index contributed by atoms with van der Waals surface area (Å²) in [6.07, 6.45) is 4.03. The van der Waals surface area contributed by atoms with Crippen molar-refractivity contribution < 1.29 is 0 Å². The molecule has 1 aliphatic rings. The smallest absolute Gasteiger partial charge is 0.258 e. The van der Waals surface area contributed by atoms with Gasteiger partial charge in [0.2, 0.25) is 11.2 Å². The maximum Gasteiger partial charge on any atom is 0.258 e. The lowest BCUT2D eigenvalue weighted by atomic mass is 10.3. The minimum atomic E-state index is 0.142. The fraction of sp³-hybridized carbons (Fsp3) is 0.444. The molecule has 1 saturated heterocycles. The second-order valence-corrected chi connectivity index (χ2v) is 5.26. The first-order valence-electron chi connectivity index (χ1n) is 5.42. The molecule has 1 atom stereocenters. The summed E-state index contributed by atoms with van der Waals surface area (Å²) in [4.78, 5) is 16.2. The van der Waals surface area contributed by atoms with Crippen LogP contribution in [0.4, 0.5) is 5.95 Å². The third-order valence-corrected chi connectivity index (χ3v) is 3.81. The first-order chi connectivity index (χ1) is 8.81. The molecule has 0 aromatic carbocycles. The van der Waals surface area contributed by atoms with Gasteiger partial charge in [0.25, 0.3) is 5.95 Å². The lowest BCUT2D eigenvalue weighted by Crippen LogP contribution is -2.20. The van der Waals surface area contributed by atoms with Crippen molar-refractivity contribution in [3.63, 3.8) is 0 Å². The highest BCUT2D eigenvalue weighted by molar-refractivity contribution is 7.99. The molecule has 3 rings (SSSR count). The van der Waals surface area contributed by atoms with Gasteiger partial charge in [-0.15, -0.1) is 0 Å². The molecule has 1 N–H and O–H groups in total. The van der Waals surface area contributed by atoms with Crippen LogP contribution in [0.5, 0.6) is 0 Å². The molecule has 94 valence electrons. The van der Waals surface area contributed by atoms with Crippen molar-refractivity contribution in [1.29, 1.82) is 0 Å². The number of rotatable bonds is 3. The largest absolute Gasteiger partial charge is 0.350 e. The number of hydrogen-bond acceptors (Lipinski definition) is 7. The third kappa shape index (κ3) is 2.54. The number of nitrogens with one attached hydrogen (secondary N) is 1. The average molecular weight is 284 g/mol. The van der Waals surface area contributed by atoms with Gasteiger partial charge in [0, 0.05) is 11.8 Å². The van der Waals surface area contributed by atoms with E-state index < -0.39 is 0 Å². The summed E-state index contributed by atoms with van der Waals surface area (Å²) >= 11 is 7.80. The molecule has 2 aromatic heterocycles. The first kappa shape index (κ1) is 11.7. The Balaban J connectivity index is 1.86. The number of hydrogen-bond donors (Lipinski definition) is 1. The molecule has 2 aromatic rings. The van der Waals surface area contributed by atoms with Crippen LogP contribution in [0, 0.1) is 0 Å². The van der Waals surface area contributed by atoms with E-state index in [0.29, 0.717) is 17.9 Å². The van der Waals surface area contributed by atoms with Gasteiger partial charge in [-0.3, -0.25) is 0 Å². The molecule has 0 bridgehead atoms. The Kier molecular flexibility index (Phi) is 3.28. The zero-order valence-corrected chi connectivity index (χ0v) is 10.9. The molecule has 1 unspecified atom stereocenters. The molecule has 0 amide bonds. The summed E-state index contributed by atoms with van der Waals surface area (Å²) in [5.74, 6) is 3.06. The van der Waals surface area contributed by atoms with E-state index in [1.807, 2.05) is 11.8 Å². The number of aromatic nitrogens is 6. The van der Waals surface area contributed by atoms with Crippen molar-refractivity contribution in [2.45, 2.75) is 12.5 Å². The van der Waals surface area contributed by atoms with Gasteiger partial charge >= 0.3 is 0 Å². The summed E-state index contributed by atoms with van der Waals surface area (Å²) in [6.45, 7) is 0. The highest BCUT2D eigenvalue weighted by atomic mass is 35.5. The first-order valence-corrected chi connectivity index (χ1v) is 6.95. The normalized spacial score (nSPS) is 19.1. The lowest BCUT2D eigenvalue weighted by Gasteiger charge is -2.11. The van der Waals surface area contributed by atoms with Gasteiger partial charge in [0.05, 0.1) is 0 Å². The van der Waals surface area contributed by atoms with Gasteiger partial charge in [-0.25, -0.2) is 4.98 Å². The molecule has 3 heterocycles. The topological polar surface area (TPSA) is 81.4 Å². The van der Waals surface area contributed by atoms with Crippen LogP contribution in [-0.2, 0) is 0 Å². The van der Waals surface area contributed by atoms with Gasteiger partial charge in [-0.05, 0) is 23.8 Å². The highest BCUT2D eigenvalue weighted by Gasteiger charge is 2.17. The number of nitrogens with zero attached hydrogens (tertiary/aromatic N) is 6. The number of thioether (sulfide) groups is 1. The van der Waals surface area contributed by atoms with E-state index in [0.717, 1.165) is 17.9 Å². The maximum absolute atomic E-state index is 5.88. The predicted octanol–water partition coefficient (Wildman–Crippen LogP) is 1.02. The fourth-order valence-corrected chi connectivity index (χ4v) is 2.96. The Labute approximate surface area is 112 Å². The van der Waals surface area contributed by atoms with E-state index in [1.165, 1.54) is 17.3 Å². The van der Waals surface area contributed by atoms with Crippen LogP contribution in [-0.4, -0.2) is 47.3 Å². The maximum atomic E-state index is 5.88. The van der Waals surface area contributed by atoms with E-state index in [4.69, 9.17) is 11.6 Å².